The van der Waals surface area contributed by atoms with Crippen LogP contribution in [0.1, 0.15) is 25.3 Å². The highest BCUT2D eigenvalue weighted by Gasteiger charge is 2.19. The number of rotatable bonds is 6. The lowest BCUT2D eigenvalue weighted by Gasteiger charge is -2.17. The third kappa shape index (κ3) is 4.84. The molecule has 0 aliphatic carbocycles. The van der Waals surface area contributed by atoms with E-state index >= 15 is 0 Å². The van der Waals surface area contributed by atoms with Crippen molar-refractivity contribution in [2.45, 2.75) is 32.2 Å². The van der Waals surface area contributed by atoms with E-state index in [1.165, 1.54) is 25.1 Å². The minimum absolute atomic E-state index is 0.347. The van der Waals surface area contributed by atoms with Gasteiger partial charge in [-0.15, -0.1) is 0 Å². The Morgan fingerprint density at radius 2 is 2.11 bits per heavy atom. The van der Waals surface area contributed by atoms with Crippen molar-refractivity contribution in [3.05, 3.63) is 29.8 Å². The summed E-state index contributed by atoms with van der Waals surface area (Å²) in [6.45, 7) is 5.88. The van der Waals surface area contributed by atoms with Gasteiger partial charge in [0.2, 0.25) is 0 Å². The normalized spacial score (nSPS) is 21.7. The Labute approximate surface area is 116 Å². The SMILES string of the molecule is CC(CCc1ccc(O)cc1)NCC1CCN(C)C1. The Morgan fingerprint density at radius 1 is 1.37 bits per heavy atom. The van der Waals surface area contributed by atoms with E-state index in [-0.39, 0.29) is 0 Å². The van der Waals surface area contributed by atoms with E-state index in [1.807, 2.05) is 12.1 Å². The smallest absolute Gasteiger partial charge is 0.115 e. The van der Waals surface area contributed by atoms with E-state index in [1.54, 1.807) is 12.1 Å². The lowest BCUT2D eigenvalue weighted by Crippen LogP contribution is -2.32. The van der Waals surface area contributed by atoms with Crippen LogP contribution in [0.15, 0.2) is 24.3 Å². The van der Waals surface area contributed by atoms with Gasteiger partial charge in [0, 0.05) is 12.6 Å². The lowest BCUT2D eigenvalue weighted by atomic mass is 10.0. The zero-order chi connectivity index (χ0) is 13.7. The average molecular weight is 262 g/mol. The fourth-order valence-corrected chi connectivity index (χ4v) is 2.71. The number of aromatic hydroxyl groups is 1. The molecule has 2 unspecified atom stereocenters. The molecule has 106 valence electrons. The standard InChI is InChI=1S/C16H26N2O/c1-13(17-11-15-9-10-18(2)12-15)3-4-14-5-7-16(19)8-6-14/h5-8,13,15,17,19H,3-4,9-12H2,1-2H3. The van der Waals surface area contributed by atoms with Gasteiger partial charge < -0.3 is 15.3 Å². The van der Waals surface area contributed by atoms with Crippen molar-refractivity contribution in [1.29, 1.82) is 0 Å². The minimum Gasteiger partial charge on any atom is -0.508 e. The van der Waals surface area contributed by atoms with Crippen molar-refractivity contribution in [3.63, 3.8) is 0 Å². The number of hydrogen-bond acceptors (Lipinski definition) is 3. The maximum absolute atomic E-state index is 9.24. The summed E-state index contributed by atoms with van der Waals surface area (Å²) in [5, 5.41) is 12.9. The minimum atomic E-state index is 0.347. The van der Waals surface area contributed by atoms with Crippen molar-refractivity contribution >= 4 is 0 Å². The molecule has 3 nitrogen and oxygen atoms in total. The van der Waals surface area contributed by atoms with Gasteiger partial charge in [-0.05, 0) is 69.9 Å². The monoisotopic (exact) mass is 262 g/mol. The summed E-state index contributed by atoms with van der Waals surface area (Å²) in [4.78, 5) is 2.41. The van der Waals surface area contributed by atoms with Crippen molar-refractivity contribution in [2.75, 3.05) is 26.7 Å². The van der Waals surface area contributed by atoms with Gasteiger partial charge in [0.05, 0.1) is 0 Å². The van der Waals surface area contributed by atoms with Crippen LogP contribution in [-0.4, -0.2) is 42.7 Å². The zero-order valence-electron chi connectivity index (χ0n) is 12.1. The molecule has 0 radical (unpaired) electrons. The number of phenols is 1. The van der Waals surface area contributed by atoms with Crippen molar-refractivity contribution in [3.8, 4) is 5.75 Å². The highest BCUT2D eigenvalue weighted by molar-refractivity contribution is 5.25. The second-order valence-electron chi connectivity index (χ2n) is 5.93. The van der Waals surface area contributed by atoms with Crippen molar-refractivity contribution in [1.82, 2.24) is 10.2 Å². The van der Waals surface area contributed by atoms with Crippen LogP contribution < -0.4 is 5.32 Å². The second-order valence-corrected chi connectivity index (χ2v) is 5.93. The molecule has 1 aliphatic rings. The van der Waals surface area contributed by atoms with Crippen LogP contribution in [-0.2, 0) is 6.42 Å². The first-order valence-corrected chi connectivity index (χ1v) is 7.33. The number of nitrogens with one attached hydrogen (secondary N) is 1. The van der Waals surface area contributed by atoms with Crippen LogP contribution in [0.25, 0.3) is 0 Å². The van der Waals surface area contributed by atoms with E-state index < -0.39 is 0 Å². The van der Waals surface area contributed by atoms with Crippen LogP contribution in [0.2, 0.25) is 0 Å². The summed E-state index contributed by atoms with van der Waals surface area (Å²) < 4.78 is 0. The second kappa shape index (κ2) is 6.92. The number of phenolic OH excluding ortho intramolecular Hbond substituents is 1. The number of benzene rings is 1. The summed E-state index contributed by atoms with van der Waals surface area (Å²) in [5.41, 5.74) is 1.30. The molecular weight excluding hydrogens is 236 g/mol. The Morgan fingerprint density at radius 3 is 2.74 bits per heavy atom. The summed E-state index contributed by atoms with van der Waals surface area (Å²) in [6.07, 6.45) is 3.54. The maximum atomic E-state index is 9.24. The summed E-state index contributed by atoms with van der Waals surface area (Å²) in [6, 6.07) is 8.10. The van der Waals surface area contributed by atoms with Gasteiger partial charge in [-0.1, -0.05) is 12.1 Å². The number of aryl methyl sites for hydroxylation is 1. The van der Waals surface area contributed by atoms with Crippen LogP contribution in [0.4, 0.5) is 0 Å². The van der Waals surface area contributed by atoms with Crippen LogP contribution >= 0.6 is 0 Å². The van der Waals surface area contributed by atoms with Crippen molar-refractivity contribution < 1.29 is 5.11 Å². The van der Waals surface area contributed by atoms with Gasteiger partial charge >= 0.3 is 0 Å². The van der Waals surface area contributed by atoms with E-state index in [0.717, 1.165) is 25.3 Å². The van der Waals surface area contributed by atoms with E-state index in [9.17, 15) is 5.11 Å². The quantitative estimate of drug-likeness (QED) is 0.825. The highest BCUT2D eigenvalue weighted by atomic mass is 16.3. The average Bonchev–Trinajstić information content (AvgIpc) is 2.81. The molecule has 0 saturated carbocycles. The molecule has 1 saturated heterocycles. The molecule has 1 aliphatic heterocycles. The molecule has 2 atom stereocenters. The highest BCUT2D eigenvalue weighted by Crippen LogP contribution is 2.14. The fourth-order valence-electron chi connectivity index (χ4n) is 2.71. The largest absolute Gasteiger partial charge is 0.508 e. The molecule has 1 aromatic carbocycles. The van der Waals surface area contributed by atoms with Gasteiger partial charge in [-0.25, -0.2) is 0 Å². The molecule has 3 heteroatoms. The van der Waals surface area contributed by atoms with Gasteiger partial charge in [0.15, 0.2) is 0 Å². The molecule has 1 fully saturated rings. The van der Waals surface area contributed by atoms with Crippen LogP contribution in [0.5, 0.6) is 5.75 Å². The predicted octanol–water partition coefficient (Wildman–Crippen LogP) is 2.25. The van der Waals surface area contributed by atoms with E-state index in [4.69, 9.17) is 0 Å². The maximum Gasteiger partial charge on any atom is 0.115 e. The molecule has 19 heavy (non-hydrogen) atoms. The predicted molar refractivity (Wildman–Crippen MR) is 79.5 cm³/mol. The number of nitrogens with zero attached hydrogens (tertiary/aromatic N) is 1. The van der Waals surface area contributed by atoms with Gasteiger partial charge in [-0.2, -0.15) is 0 Å². The van der Waals surface area contributed by atoms with E-state index in [0.29, 0.717) is 11.8 Å². The molecule has 0 aromatic heterocycles. The Hall–Kier alpha value is -1.06. The summed E-state index contributed by atoms with van der Waals surface area (Å²) in [7, 11) is 2.20. The third-order valence-corrected chi connectivity index (χ3v) is 4.05. The topological polar surface area (TPSA) is 35.5 Å². The molecule has 0 bridgehead atoms. The van der Waals surface area contributed by atoms with Gasteiger partial charge in [-0.3, -0.25) is 0 Å². The van der Waals surface area contributed by atoms with E-state index in [2.05, 4.69) is 24.2 Å². The molecule has 2 rings (SSSR count). The lowest BCUT2D eigenvalue weighted by molar-refractivity contribution is 0.378. The van der Waals surface area contributed by atoms with Gasteiger partial charge in [0.1, 0.15) is 5.75 Å². The molecule has 2 N–H and O–H groups in total. The summed E-state index contributed by atoms with van der Waals surface area (Å²) in [5.74, 6) is 1.17. The summed E-state index contributed by atoms with van der Waals surface area (Å²) >= 11 is 0. The molecule has 0 amide bonds. The number of likely N-dealkylation sites (tertiary alicyclic amines) is 1. The van der Waals surface area contributed by atoms with Crippen molar-refractivity contribution in [2.24, 2.45) is 5.92 Å². The number of hydrogen-bond donors (Lipinski definition) is 2. The first-order chi connectivity index (χ1) is 9.13. The fraction of sp³-hybridized carbons (Fsp3) is 0.625. The molecule has 1 aromatic rings. The molecule has 1 heterocycles. The Balaban J connectivity index is 1.64. The Bertz CT molecular complexity index is 377. The van der Waals surface area contributed by atoms with Crippen LogP contribution in [0, 0.1) is 5.92 Å². The third-order valence-electron chi connectivity index (χ3n) is 4.05. The Kier molecular flexibility index (Phi) is 5.23. The zero-order valence-corrected chi connectivity index (χ0v) is 12.1. The first-order valence-electron chi connectivity index (χ1n) is 7.33. The molecular formula is C16H26N2O. The first kappa shape index (κ1) is 14.4. The molecule has 0 spiro atoms. The van der Waals surface area contributed by atoms with Crippen LogP contribution in [0.3, 0.4) is 0 Å². The van der Waals surface area contributed by atoms with Gasteiger partial charge in [0.25, 0.3) is 0 Å².